The maximum Gasteiger partial charge on any atom is 0.243 e. The Labute approximate surface area is 445 Å². The third-order valence-electron chi connectivity index (χ3n) is 12.6. The number of aromatic amines is 1. The summed E-state index contributed by atoms with van der Waals surface area (Å²) in [5.74, 6) is -5.82. The zero-order chi connectivity index (χ0) is 56.2. The Morgan fingerprint density at radius 2 is 1.11 bits per heavy atom. The molecule has 1 heterocycles. The van der Waals surface area contributed by atoms with Crippen molar-refractivity contribution < 1.29 is 38.4 Å². The number of nitrogens with one attached hydrogen (secondary N) is 8. The van der Waals surface area contributed by atoms with Gasteiger partial charge in [-0.2, -0.15) is 11.8 Å². The summed E-state index contributed by atoms with van der Waals surface area (Å²) in [6.45, 7) is 11.3. The molecule has 0 saturated carbocycles. The Hall–Kier alpha value is -6.63. The van der Waals surface area contributed by atoms with Gasteiger partial charge in [-0.15, -0.1) is 0 Å². The molecular formula is C50H86N16O8S. The number of carbonyl (C=O) groups is 8. The molecule has 420 valence electrons. The topological polar surface area (TPSA) is 417 Å². The number of fused-ring (bicyclic) bond motifs is 1. The number of benzene rings is 1. The van der Waals surface area contributed by atoms with Crippen LogP contribution in [0.2, 0.25) is 0 Å². The minimum atomic E-state index is -1.31. The number of amides is 8. The highest BCUT2D eigenvalue weighted by molar-refractivity contribution is 7.98. The first-order chi connectivity index (χ1) is 35.5. The van der Waals surface area contributed by atoms with Gasteiger partial charge in [0.15, 0.2) is 11.9 Å². The molecule has 0 radical (unpaired) electrons. The van der Waals surface area contributed by atoms with E-state index in [0.717, 1.165) is 10.9 Å². The van der Waals surface area contributed by atoms with Crippen LogP contribution in [0.3, 0.4) is 0 Å². The van der Waals surface area contributed by atoms with E-state index in [2.05, 4.69) is 52.2 Å². The van der Waals surface area contributed by atoms with Crippen molar-refractivity contribution in [3.8, 4) is 0 Å². The van der Waals surface area contributed by atoms with Crippen LogP contribution >= 0.6 is 11.8 Å². The van der Waals surface area contributed by atoms with E-state index >= 15 is 0 Å². The highest BCUT2D eigenvalue weighted by Crippen LogP contribution is 2.20. The Balaban J connectivity index is 2.51. The molecule has 25 heteroatoms. The van der Waals surface area contributed by atoms with Crippen LogP contribution in [0.25, 0.3) is 10.9 Å². The largest absolute Gasteiger partial charge is 0.370 e. The summed E-state index contributed by atoms with van der Waals surface area (Å²) in [7, 11) is 0. The summed E-state index contributed by atoms with van der Waals surface area (Å²) in [5.41, 5.74) is 34.8. The van der Waals surface area contributed by atoms with Crippen LogP contribution in [0.4, 0.5) is 0 Å². The lowest BCUT2D eigenvalue weighted by Crippen LogP contribution is -2.60. The number of aliphatic imine (C=N–C) groups is 2. The summed E-state index contributed by atoms with van der Waals surface area (Å²) in [6.07, 6.45) is 6.65. The molecule has 75 heavy (non-hydrogen) atoms. The SMILES string of the molecule is CC[C@H](C)C(NC(=O)[C@H](C)NC(=O)[C@H](CCSC)NC(=O)[C@H](Cc1c[nH]c2ccccc12)NC(=O)[C@H](CCCCN)NC(=O)[C@H](CCCN=C(N)N)NC(=O)[C@H](CC(C)C)NC(=O)[C@@H](C)CCCN=C(N)N)C(N)=O. The Morgan fingerprint density at radius 3 is 1.65 bits per heavy atom. The number of hydrogen-bond donors (Lipinski definition) is 14. The zero-order valence-corrected chi connectivity index (χ0v) is 45.6. The lowest BCUT2D eigenvalue weighted by Gasteiger charge is -2.28. The summed E-state index contributed by atoms with van der Waals surface area (Å²) >= 11 is 1.43. The molecule has 0 aliphatic rings. The molecule has 0 spiro atoms. The molecule has 1 unspecified atom stereocenters. The molecule has 1 aromatic carbocycles. The molecule has 20 N–H and O–H groups in total. The van der Waals surface area contributed by atoms with E-state index in [1.165, 1.54) is 18.7 Å². The van der Waals surface area contributed by atoms with Crippen molar-refractivity contribution in [3.63, 3.8) is 0 Å². The van der Waals surface area contributed by atoms with E-state index in [0.29, 0.717) is 56.5 Å². The number of nitrogens with two attached hydrogens (primary N) is 6. The number of aromatic nitrogens is 1. The van der Waals surface area contributed by atoms with Crippen molar-refractivity contribution >= 4 is 81.8 Å². The Bertz CT molecular complexity index is 2230. The highest BCUT2D eigenvalue weighted by atomic mass is 32.2. The fourth-order valence-electron chi connectivity index (χ4n) is 8.00. The average Bonchev–Trinajstić information content (AvgIpc) is 3.77. The monoisotopic (exact) mass is 1070 g/mol. The predicted octanol–water partition coefficient (Wildman–Crippen LogP) is -0.673. The molecule has 0 aliphatic carbocycles. The third kappa shape index (κ3) is 23.6. The van der Waals surface area contributed by atoms with E-state index in [9.17, 15) is 38.4 Å². The number of para-hydroxylation sites is 1. The molecule has 1 aromatic heterocycles. The van der Waals surface area contributed by atoms with Gasteiger partial charge in [-0.1, -0.05) is 59.2 Å². The van der Waals surface area contributed by atoms with Gasteiger partial charge in [0.05, 0.1) is 0 Å². The maximum atomic E-state index is 14.6. The van der Waals surface area contributed by atoms with E-state index in [1.807, 2.05) is 51.3 Å². The smallest absolute Gasteiger partial charge is 0.243 e. The first-order valence-corrected chi connectivity index (χ1v) is 27.2. The number of nitrogens with zero attached hydrogens (tertiary/aromatic N) is 2. The van der Waals surface area contributed by atoms with Crippen molar-refractivity contribution in [2.24, 2.45) is 62.1 Å². The minimum absolute atomic E-state index is 0.0317. The standard InChI is InChI=1S/C50H86N16O8S/c1-8-29(4)40(41(52)67)66-43(69)31(6)60-44(70)37(20-24-75-7)63-48(74)39(26-32-27-59-34-17-10-9-16-33(32)34)65-46(72)35(18-11-12-21-51)61-45(71)36(19-14-23-58-50(55)56)62-47(73)38(25-28(2)3)64-42(68)30(5)15-13-22-57-49(53)54/h9-10,16-17,27-31,35-40,59H,8,11-15,18-26,51H2,1-7H3,(H2,52,67)(H,60,70)(H,61,71)(H,62,73)(H,63,74)(H,64,68)(H,65,72)(H,66,69)(H4,53,54,57)(H4,55,56,58)/t29-,30-,31-,35-,36-,37-,38-,39-,40?/m0/s1. The van der Waals surface area contributed by atoms with Gasteiger partial charge in [0.25, 0.3) is 0 Å². The molecule has 2 aromatic rings. The first kappa shape index (κ1) is 64.5. The second-order valence-electron chi connectivity index (χ2n) is 19.4. The van der Waals surface area contributed by atoms with Crippen molar-refractivity contribution in [3.05, 3.63) is 36.0 Å². The lowest BCUT2D eigenvalue weighted by atomic mass is 9.98. The number of H-pyrrole nitrogens is 1. The molecule has 0 saturated heterocycles. The summed E-state index contributed by atoms with van der Waals surface area (Å²) in [4.78, 5) is 121. The molecule has 0 aliphatic heterocycles. The van der Waals surface area contributed by atoms with Crippen molar-refractivity contribution in [2.45, 2.75) is 154 Å². The quantitative estimate of drug-likeness (QED) is 0.0229. The second-order valence-corrected chi connectivity index (χ2v) is 20.4. The summed E-state index contributed by atoms with van der Waals surface area (Å²) < 4.78 is 0. The van der Waals surface area contributed by atoms with Gasteiger partial charge in [-0.25, -0.2) is 0 Å². The van der Waals surface area contributed by atoms with Crippen molar-refractivity contribution in [1.82, 2.24) is 42.2 Å². The van der Waals surface area contributed by atoms with Gasteiger partial charge in [0.2, 0.25) is 47.3 Å². The minimum Gasteiger partial charge on any atom is -0.370 e. The third-order valence-corrected chi connectivity index (χ3v) is 13.2. The molecule has 8 amide bonds. The lowest BCUT2D eigenvalue weighted by molar-refractivity contribution is -0.136. The molecule has 24 nitrogen and oxygen atoms in total. The van der Waals surface area contributed by atoms with E-state index in [4.69, 9.17) is 34.4 Å². The maximum absolute atomic E-state index is 14.6. The van der Waals surface area contributed by atoms with Gasteiger partial charge in [0.1, 0.15) is 42.3 Å². The van der Waals surface area contributed by atoms with Gasteiger partial charge < -0.3 is 76.6 Å². The van der Waals surface area contributed by atoms with Crippen LogP contribution in [-0.2, 0) is 44.8 Å². The molecule has 0 fully saturated rings. The fourth-order valence-corrected chi connectivity index (χ4v) is 8.47. The first-order valence-electron chi connectivity index (χ1n) is 25.8. The van der Waals surface area contributed by atoms with Gasteiger partial charge in [-0.05, 0) is 107 Å². The van der Waals surface area contributed by atoms with Crippen LogP contribution in [0.15, 0.2) is 40.4 Å². The zero-order valence-electron chi connectivity index (χ0n) is 44.8. The van der Waals surface area contributed by atoms with Gasteiger partial charge in [-0.3, -0.25) is 48.3 Å². The molecule has 0 bridgehead atoms. The second kappa shape index (κ2) is 34.0. The predicted molar refractivity (Wildman–Crippen MR) is 294 cm³/mol. The van der Waals surface area contributed by atoms with Crippen LogP contribution in [0.5, 0.6) is 0 Å². The van der Waals surface area contributed by atoms with Crippen LogP contribution in [0, 0.1) is 17.8 Å². The van der Waals surface area contributed by atoms with Crippen LogP contribution in [-0.4, -0.2) is 138 Å². The number of hydrogen-bond acceptors (Lipinski definition) is 12. The number of carbonyl (C=O) groups excluding carboxylic acids is 8. The Kier molecular flexibility index (Phi) is 29.3. The molecule has 2 rings (SSSR count). The van der Waals surface area contributed by atoms with Crippen LogP contribution in [0.1, 0.15) is 111 Å². The number of unbranched alkanes of at least 4 members (excludes halogenated alkanes) is 1. The number of primary amides is 1. The van der Waals surface area contributed by atoms with E-state index in [-0.39, 0.29) is 74.7 Å². The van der Waals surface area contributed by atoms with Gasteiger partial charge in [0, 0.05) is 42.5 Å². The summed E-state index contributed by atoms with van der Waals surface area (Å²) in [6, 6.07) is -0.700. The summed E-state index contributed by atoms with van der Waals surface area (Å²) in [5, 5.41) is 20.1. The highest BCUT2D eigenvalue weighted by Gasteiger charge is 2.34. The van der Waals surface area contributed by atoms with E-state index in [1.54, 1.807) is 20.0 Å². The fraction of sp³-hybridized carbons (Fsp3) is 0.640. The number of rotatable bonds is 36. The molecule has 9 atom stereocenters. The Morgan fingerprint density at radius 1 is 0.600 bits per heavy atom. The molecular weight excluding hydrogens is 985 g/mol. The normalized spacial score (nSPS) is 14.8. The van der Waals surface area contributed by atoms with Crippen molar-refractivity contribution in [1.29, 1.82) is 0 Å². The van der Waals surface area contributed by atoms with E-state index < -0.39 is 89.6 Å². The van der Waals surface area contributed by atoms with Gasteiger partial charge >= 0.3 is 0 Å². The number of thioether (sulfide) groups is 1. The van der Waals surface area contributed by atoms with Crippen molar-refractivity contribution in [2.75, 3.05) is 31.6 Å². The number of guanidine groups is 2. The average molecular weight is 1070 g/mol. The van der Waals surface area contributed by atoms with Crippen LogP contribution < -0.4 is 71.6 Å².